The van der Waals surface area contributed by atoms with E-state index in [1.54, 1.807) is 0 Å². The van der Waals surface area contributed by atoms with E-state index in [1.807, 2.05) is 0 Å². The quantitative estimate of drug-likeness (QED) is 0.0531. The molecule has 284 valence electrons. The summed E-state index contributed by atoms with van der Waals surface area (Å²) in [6.45, 7) is 9.39. The van der Waals surface area contributed by atoms with Crippen molar-refractivity contribution in [3.63, 3.8) is 0 Å². The van der Waals surface area contributed by atoms with Crippen molar-refractivity contribution in [1.82, 2.24) is 4.98 Å². The van der Waals surface area contributed by atoms with E-state index in [9.17, 15) is 0 Å². The van der Waals surface area contributed by atoms with E-state index in [0.29, 0.717) is 12.0 Å². The highest BCUT2D eigenvalue weighted by Gasteiger charge is 2.25. The van der Waals surface area contributed by atoms with Crippen LogP contribution >= 0.6 is 0 Å². The number of imidazole rings is 1. The van der Waals surface area contributed by atoms with E-state index in [1.165, 1.54) is 243 Å². The van der Waals surface area contributed by atoms with E-state index in [2.05, 4.69) is 49.6 Å². The van der Waals surface area contributed by atoms with Crippen molar-refractivity contribution in [2.75, 3.05) is 0 Å². The zero-order chi connectivity index (χ0) is 34.6. The Morgan fingerprint density at radius 3 is 1.00 bits per heavy atom. The molecule has 0 saturated carbocycles. The van der Waals surface area contributed by atoms with Crippen molar-refractivity contribution in [2.45, 2.75) is 277 Å². The van der Waals surface area contributed by atoms with Gasteiger partial charge < -0.3 is 0 Å². The Morgan fingerprint density at radius 1 is 0.396 bits per heavy atom. The molecule has 0 aliphatic heterocycles. The van der Waals surface area contributed by atoms with Crippen molar-refractivity contribution in [1.29, 1.82) is 0 Å². The first-order valence-electron chi connectivity index (χ1n) is 22.8. The minimum atomic E-state index is 0.616. The Morgan fingerprint density at radius 2 is 0.688 bits per heavy atom. The molecule has 1 N–H and O–H groups in total. The third kappa shape index (κ3) is 27.0. The van der Waals surface area contributed by atoms with Gasteiger partial charge in [0, 0.05) is 0 Å². The fourth-order valence-electron chi connectivity index (χ4n) is 8.00. The highest BCUT2D eigenvalue weighted by molar-refractivity contribution is 4.90. The largest absolute Gasteiger partial charge is 0.257 e. The molecule has 0 aromatic carbocycles. The lowest BCUT2D eigenvalue weighted by Crippen LogP contribution is -2.41. The average Bonchev–Trinajstić information content (AvgIpc) is 3.59. The molecule has 0 aliphatic carbocycles. The Labute approximate surface area is 304 Å². The standard InChI is InChI=1S/C46H90N2/c1-5-8-11-13-15-17-19-21-23-25-27-29-31-33-35-37-40-45(46-47-42-43-48(46)44(4)39-10-7-3)41-38-36-34-32-30-28-26-24-22-20-18-16-14-12-9-6-2/h42-45H,5-41H2,1-4H3/p+1. The maximum absolute atomic E-state index is 3.74. The monoisotopic (exact) mass is 672 g/mol. The molecule has 1 aromatic heterocycles. The second kappa shape index (κ2) is 36.0. The predicted molar refractivity (Wildman–Crippen MR) is 216 cm³/mol. The van der Waals surface area contributed by atoms with Crippen LogP contribution in [0.3, 0.4) is 0 Å². The third-order valence-electron chi connectivity index (χ3n) is 11.4. The summed E-state index contributed by atoms with van der Waals surface area (Å²) in [5, 5.41) is 0. The first-order valence-corrected chi connectivity index (χ1v) is 22.8. The van der Waals surface area contributed by atoms with Crippen LogP contribution in [-0.2, 0) is 0 Å². The van der Waals surface area contributed by atoms with Gasteiger partial charge >= 0.3 is 0 Å². The van der Waals surface area contributed by atoms with Gasteiger partial charge in [-0.25, -0.2) is 9.55 Å². The predicted octanol–water partition coefficient (Wildman–Crippen LogP) is 16.4. The number of hydrogen-bond acceptors (Lipinski definition) is 0. The smallest absolute Gasteiger partial charge is 0.247 e. The summed E-state index contributed by atoms with van der Waals surface area (Å²) < 4.78 is 2.61. The van der Waals surface area contributed by atoms with Crippen LogP contribution < -0.4 is 4.57 Å². The number of rotatable bonds is 39. The lowest BCUT2D eigenvalue weighted by Gasteiger charge is -2.17. The molecule has 1 rings (SSSR count). The lowest BCUT2D eigenvalue weighted by atomic mass is 9.92. The molecule has 1 atom stereocenters. The van der Waals surface area contributed by atoms with Crippen LogP contribution in [-0.4, -0.2) is 4.98 Å². The van der Waals surface area contributed by atoms with Gasteiger partial charge in [-0.05, 0) is 32.6 Å². The van der Waals surface area contributed by atoms with Gasteiger partial charge in [0.25, 0.3) is 5.82 Å². The molecule has 1 unspecified atom stereocenters. The second-order valence-electron chi connectivity index (χ2n) is 16.1. The molecule has 0 fully saturated rings. The summed E-state index contributed by atoms with van der Waals surface area (Å²) in [6.07, 6.45) is 57.7. The maximum atomic E-state index is 3.74. The SMILES string of the molecule is CCCCCCCCCCCCCCCCCCC(CCCCCCCCCCCCCCCCCC)c1[nH]cc[n+]1C(C)CCCC. The summed E-state index contributed by atoms with van der Waals surface area (Å²) in [6, 6.07) is 0.616. The maximum Gasteiger partial charge on any atom is 0.257 e. The molecule has 0 aliphatic rings. The number of nitrogens with one attached hydrogen (secondary N) is 1. The molecular weight excluding hydrogens is 581 g/mol. The number of hydrogen-bond donors (Lipinski definition) is 1. The molecular formula is C46H91N2+. The molecule has 0 saturated heterocycles. The van der Waals surface area contributed by atoms with Gasteiger partial charge in [0.15, 0.2) is 0 Å². The highest BCUT2D eigenvalue weighted by atomic mass is 15.1. The molecule has 2 nitrogen and oxygen atoms in total. The van der Waals surface area contributed by atoms with Crippen molar-refractivity contribution in [3.8, 4) is 0 Å². The molecule has 0 bridgehead atoms. The molecule has 0 amide bonds. The van der Waals surface area contributed by atoms with Gasteiger partial charge in [0.1, 0.15) is 12.4 Å². The number of H-pyrrole nitrogens is 1. The second-order valence-corrected chi connectivity index (χ2v) is 16.1. The van der Waals surface area contributed by atoms with Crippen LogP contribution in [0.25, 0.3) is 0 Å². The van der Waals surface area contributed by atoms with Crippen LogP contribution in [0.4, 0.5) is 0 Å². The minimum Gasteiger partial charge on any atom is -0.247 e. The highest BCUT2D eigenvalue weighted by Crippen LogP contribution is 2.27. The van der Waals surface area contributed by atoms with E-state index in [-0.39, 0.29) is 0 Å². The number of unbranched alkanes of at least 4 members (excludes halogenated alkanes) is 31. The summed E-state index contributed by atoms with van der Waals surface area (Å²) in [5.74, 6) is 2.24. The van der Waals surface area contributed by atoms with Crippen molar-refractivity contribution < 1.29 is 4.57 Å². The first-order chi connectivity index (χ1) is 23.7. The van der Waals surface area contributed by atoms with Crippen LogP contribution in [0.2, 0.25) is 0 Å². The minimum absolute atomic E-state index is 0.616. The topological polar surface area (TPSA) is 19.7 Å². The Kier molecular flexibility index (Phi) is 33.9. The van der Waals surface area contributed by atoms with Gasteiger partial charge in [0.2, 0.25) is 0 Å². The summed E-state index contributed by atoms with van der Waals surface area (Å²) >= 11 is 0. The van der Waals surface area contributed by atoms with E-state index >= 15 is 0 Å². The van der Waals surface area contributed by atoms with Crippen LogP contribution in [0.1, 0.15) is 283 Å². The zero-order valence-electron chi connectivity index (χ0n) is 33.9. The van der Waals surface area contributed by atoms with Gasteiger partial charge in [-0.2, -0.15) is 0 Å². The summed E-state index contributed by atoms with van der Waals surface area (Å²) in [7, 11) is 0. The molecule has 2 heteroatoms. The number of aromatic nitrogens is 2. The van der Waals surface area contributed by atoms with Crippen molar-refractivity contribution in [3.05, 3.63) is 18.2 Å². The summed E-state index contributed by atoms with van der Waals surface area (Å²) in [4.78, 5) is 3.74. The van der Waals surface area contributed by atoms with Gasteiger partial charge in [-0.15, -0.1) is 0 Å². The fraction of sp³-hybridized carbons (Fsp3) is 0.935. The lowest BCUT2D eigenvalue weighted by molar-refractivity contribution is -0.727. The Balaban J connectivity index is 2.20. The van der Waals surface area contributed by atoms with E-state index < -0.39 is 0 Å². The third-order valence-corrected chi connectivity index (χ3v) is 11.4. The van der Waals surface area contributed by atoms with Gasteiger partial charge in [-0.3, -0.25) is 0 Å². The number of nitrogens with zero attached hydrogens (tertiary/aromatic N) is 1. The van der Waals surface area contributed by atoms with Crippen LogP contribution in [0.5, 0.6) is 0 Å². The molecule has 48 heavy (non-hydrogen) atoms. The van der Waals surface area contributed by atoms with Crippen LogP contribution in [0.15, 0.2) is 12.4 Å². The molecule has 0 radical (unpaired) electrons. The first kappa shape index (κ1) is 45.2. The normalized spacial score (nSPS) is 12.4. The van der Waals surface area contributed by atoms with Gasteiger partial charge in [-0.1, -0.05) is 233 Å². The van der Waals surface area contributed by atoms with E-state index in [4.69, 9.17) is 0 Å². The molecule has 1 aromatic rings. The summed E-state index contributed by atoms with van der Waals surface area (Å²) in [5.41, 5.74) is 0. The van der Waals surface area contributed by atoms with E-state index in [0.717, 1.165) is 0 Å². The van der Waals surface area contributed by atoms with Gasteiger partial charge in [0.05, 0.1) is 12.0 Å². The van der Waals surface area contributed by atoms with Crippen LogP contribution in [0, 0.1) is 0 Å². The van der Waals surface area contributed by atoms with Crippen molar-refractivity contribution >= 4 is 0 Å². The fourth-order valence-corrected chi connectivity index (χ4v) is 8.00. The molecule has 1 heterocycles. The Hall–Kier alpha value is -0.790. The Bertz CT molecular complexity index is 702. The zero-order valence-corrected chi connectivity index (χ0v) is 33.9. The average molecular weight is 672 g/mol. The molecule has 0 spiro atoms. The number of aromatic amines is 1. The van der Waals surface area contributed by atoms with Crippen molar-refractivity contribution in [2.24, 2.45) is 0 Å².